The first-order valence-corrected chi connectivity index (χ1v) is 12.5. The fraction of sp³-hybridized carbons (Fsp3) is 0.467. The molecule has 0 radical (unpaired) electrons. The quantitative estimate of drug-likeness (QED) is 0.266. The van der Waals surface area contributed by atoms with Crippen LogP contribution in [0.3, 0.4) is 0 Å². The Morgan fingerprint density at radius 2 is 0.647 bits per heavy atom. The highest BCUT2D eigenvalue weighted by molar-refractivity contribution is 5.39. The lowest BCUT2D eigenvalue weighted by Gasteiger charge is -2.27. The van der Waals surface area contributed by atoms with E-state index in [9.17, 15) is 0 Å². The summed E-state index contributed by atoms with van der Waals surface area (Å²) in [6.07, 6.45) is 4.38. The van der Waals surface area contributed by atoms with Crippen molar-refractivity contribution in [3.8, 4) is 0 Å². The maximum atomic E-state index is 6.66. The number of furan rings is 4. The Labute approximate surface area is 201 Å². The first-order chi connectivity index (χ1) is 16.0. The summed E-state index contributed by atoms with van der Waals surface area (Å²) in [5, 5.41) is 0. The van der Waals surface area contributed by atoms with Gasteiger partial charge in [0.15, 0.2) is 0 Å². The van der Waals surface area contributed by atoms with E-state index in [1.165, 1.54) is 0 Å². The van der Waals surface area contributed by atoms with Gasteiger partial charge in [0.05, 0.1) is 21.7 Å². The molecule has 6 rings (SSSR count). The third-order valence-corrected chi connectivity index (χ3v) is 8.52. The molecule has 1 aliphatic carbocycles. The van der Waals surface area contributed by atoms with Crippen LogP contribution in [0.25, 0.3) is 0 Å². The molecule has 0 aromatic carbocycles. The summed E-state index contributed by atoms with van der Waals surface area (Å²) < 4.78 is 26.3. The minimum Gasteiger partial charge on any atom is -0.464 e. The van der Waals surface area contributed by atoms with Gasteiger partial charge in [0, 0.05) is 0 Å². The molecule has 5 heterocycles. The van der Waals surface area contributed by atoms with Crippen LogP contribution in [0.15, 0.2) is 66.2 Å². The van der Waals surface area contributed by atoms with Crippen molar-refractivity contribution in [1.29, 1.82) is 0 Å². The molecular formula is C30H34O4. The second-order valence-corrected chi connectivity index (χ2v) is 11.8. The molecule has 4 nitrogen and oxygen atoms in total. The summed E-state index contributed by atoms with van der Waals surface area (Å²) in [6, 6.07) is 16.8. The van der Waals surface area contributed by atoms with Crippen LogP contribution >= 0.6 is 0 Å². The summed E-state index contributed by atoms with van der Waals surface area (Å²) in [5.41, 5.74) is -1.47. The molecule has 1 saturated carbocycles. The summed E-state index contributed by atoms with van der Waals surface area (Å²) >= 11 is 0. The van der Waals surface area contributed by atoms with Gasteiger partial charge in [-0.3, -0.25) is 0 Å². The van der Waals surface area contributed by atoms with Crippen LogP contribution in [0.5, 0.6) is 0 Å². The van der Waals surface area contributed by atoms with Gasteiger partial charge >= 0.3 is 0 Å². The molecule has 4 aromatic heterocycles. The predicted molar refractivity (Wildman–Crippen MR) is 130 cm³/mol. The minimum atomic E-state index is -0.420. The van der Waals surface area contributed by atoms with Crippen LogP contribution in [0.2, 0.25) is 0 Å². The summed E-state index contributed by atoms with van der Waals surface area (Å²) in [4.78, 5) is 0. The van der Waals surface area contributed by atoms with Crippen molar-refractivity contribution in [2.75, 3.05) is 0 Å². The molecule has 0 atom stereocenters. The van der Waals surface area contributed by atoms with E-state index >= 15 is 0 Å². The topological polar surface area (TPSA) is 52.6 Å². The Bertz CT molecular complexity index is 1250. The number of rotatable bonds is 0. The van der Waals surface area contributed by atoms with Crippen molar-refractivity contribution in [2.24, 2.45) is 0 Å². The Balaban J connectivity index is 1.60. The van der Waals surface area contributed by atoms with Crippen LogP contribution in [0.4, 0.5) is 0 Å². The van der Waals surface area contributed by atoms with E-state index in [2.05, 4.69) is 90.1 Å². The Morgan fingerprint density at radius 3 is 0.941 bits per heavy atom. The monoisotopic (exact) mass is 458 g/mol. The molecule has 4 aromatic rings. The highest BCUT2D eigenvalue weighted by Gasteiger charge is 2.45. The van der Waals surface area contributed by atoms with Gasteiger partial charge in [0.25, 0.3) is 0 Å². The van der Waals surface area contributed by atoms with Crippen molar-refractivity contribution in [3.63, 3.8) is 0 Å². The van der Waals surface area contributed by atoms with E-state index < -0.39 is 16.2 Å². The van der Waals surface area contributed by atoms with Gasteiger partial charge in [-0.15, -0.1) is 0 Å². The highest BCUT2D eigenvalue weighted by Crippen LogP contribution is 2.50. The third kappa shape index (κ3) is 2.84. The van der Waals surface area contributed by atoms with Crippen molar-refractivity contribution in [2.45, 2.75) is 88.9 Å². The van der Waals surface area contributed by atoms with E-state index in [1.807, 2.05) is 0 Å². The van der Waals surface area contributed by atoms with Gasteiger partial charge in [-0.25, -0.2) is 0 Å². The van der Waals surface area contributed by atoms with E-state index in [4.69, 9.17) is 17.7 Å². The first kappa shape index (κ1) is 21.6. The van der Waals surface area contributed by atoms with Crippen LogP contribution in [0, 0.1) is 0 Å². The van der Waals surface area contributed by atoms with Gasteiger partial charge in [-0.2, -0.15) is 0 Å². The predicted octanol–water partition coefficient (Wildman–Crippen LogP) is 8.21. The van der Waals surface area contributed by atoms with E-state index in [-0.39, 0.29) is 5.41 Å². The second-order valence-electron chi connectivity index (χ2n) is 11.8. The van der Waals surface area contributed by atoms with Crippen LogP contribution < -0.4 is 0 Å². The lowest BCUT2D eigenvalue weighted by atomic mass is 9.81. The molecule has 178 valence electrons. The van der Waals surface area contributed by atoms with Crippen LogP contribution in [0.1, 0.15) is 113 Å². The summed E-state index contributed by atoms with van der Waals surface area (Å²) in [7, 11) is 0. The molecule has 0 amide bonds. The number of hydrogen-bond donors (Lipinski definition) is 0. The molecule has 4 heteroatoms. The van der Waals surface area contributed by atoms with E-state index in [0.29, 0.717) is 0 Å². The fourth-order valence-corrected chi connectivity index (χ4v) is 5.84. The lowest BCUT2D eigenvalue weighted by molar-refractivity contribution is 0.262. The zero-order valence-corrected chi connectivity index (χ0v) is 21.1. The van der Waals surface area contributed by atoms with Crippen molar-refractivity contribution >= 4 is 0 Å². The highest BCUT2D eigenvalue weighted by atomic mass is 16.4. The normalized spacial score (nSPS) is 21.7. The third-order valence-electron chi connectivity index (χ3n) is 8.52. The fourth-order valence-electron chi connectivity index (χ4n) is 5.84. The molecule has 1 spiro atoms. The smallest absolute Gasteiger partial charge is 0.117 e. The zero-order valence-electron chi connectivity index (χ0n) is 21.1. The second kappa shape index (κ2) is 6.84. The van der Waals surface area contributed by atoms with Gasteiger partial charge in [-0.05, 0) is 103 Å². The van der Waals surface area contributed by atoms with Gasteiger partial charge < -0.3 is 17.7 Å². The minimum absolute atomic E-state index is 0.232. The van der Waals surface area contributed by atoms with E-state index in [0.717, 1.165) is 71.8 Å². The van der Waals surface area contributed by atoms with Crippen molar-refractivity contribution in [1.82, 2.24) is 0 Å². The number of fused-ring (bicyclic) bond motifs is 10. The maximum Gasteiger partial charge on any atom is 0.117 e. The Hall–Kier alpha value is -2.88. The summed E-state index contributed by atoms with van der Waals surface area (Å²) in [6.45, 7) is 12.9. The molecule has 0 saturated heterocycles. The summed E-state index contributed by atoms with van der Waals surface area (Å²) in [5.74, 6) is 7.32. The average molecular weight is 459 g/mol. The van der Waals surface area contributed by atoms with Gasteiger partial charge in [0.2, 0.25) is 0 Å². The average Bonchev–Trinajstić information content (AvgIpc) is 3.63. The molecule has 34 heavy (non-hydrogen) atoms. The number of hydrogen-bond acceptors (Lipinski definition) is 4. The molecule has 1 fully saturated rings. The SMILES string of the molecule is CC1(C)c2ccc(o2)C(C)(C)c2ccc(o2)C2(CCCC2)c2ccc(o2)C(C)(C)c2ccc1o2. The molecule has 2 aliphatic rings. The molecule has 8 bridgehead atoms. The zero-order chi connectivity index (χ0) is 23.9. The molecule has 0 N–H and O–H groups in total. The Morgan fingerprint density at radius 1 is 0.412 bits per heavy atom. The van der Waals surface area contributed by atoms with Gasteiger partial charge in [0.1, 0.15) is 46.1 Å². The standard InChI is InChI=1S/C30H34O4/c1-27(2)19-9-11-21(31-19)28(3,4)23-13-15-25(33-23)30(17-7-8-18-30)26-16-14-24(34-26)29(5,6)22-12-10-20(27)32-22/h9-16H,7-8,17-18H2,1-6H3. The molecular weight excluding hydrogens is 424 g/mol. The molecule has 1 aliphatic heterocycles. The van der Waals surface area contributed by atoms with Crippen molar-refractivity contribution < 1.29 is 17.7 Å². The first-order valence-electron chi connectivity index (χ1n) is 12.5. The van der Waals surface area contributed by atoms with Crippen LogP contribution in [-0.2, 0) is 21.7 Å². The maximum absolute atomic E-state index is 6.66. The molecule has 0 unspecified atom stereocenters. The Kier molecular flexibility index (Phi) is 4.35. The van der Waals surface area contributed by atoms with E-state index in [1.54, 1.807) is 0 Å². The van der Waals surface area contributed by atoms with Crippen molar-refractivity contribution in [3.05, 3.63) is 94.6 Å². The largest absolute Gasteiger partial charge is 0.464 e. The van der Waals surface area contributed by atoms with Gasteiger partial charge in [-0.1, -0.05) is 12.8 Å². The lowest BCUT2D eigenvalue weighted by Crippen LogP contribution is -2.24. The van der Waals surface area contributed by atoms with Crippen LogP contribution in [-0.4, -0.2) is 0 Å².